The predicted molar refractivity (Wildman–Crippen MR) is 68.9 cm³/mol. The molecule has 2 bridgehead atoms. The molecule has 98 valence electrons. The van der Waals surface area contributed by atoms with Crippen molar-refractivity contribution >= 4 is 5.91 Å². The number of amides is 1. The summed E-state index contributed by atoms with van der Waals surface area (Å²) in [5, 5.41) is 6.70. The first-order valence-corrected chi connectivity index (χ1v) is 7.06. The van der Waals surface area contributed by atoms with Gasteiger partial charge < -0.3 is 4.90 Å². The summed E-state index contributed by atoms with van der Waals surface area (Å²) < 4.78 is 0. The van der Waals surface area contributed by atoms with Gasteiger partial charge in [0.2, 0.25) is 5.91 Å². The quantitative estimate of drug-likeness (QED) is 0.888. The fraction of sp³-hybridized carbons (Fsp3) is 0.714. The van der Waals surface area contributed by atoms with Gasteiger partial charge >= 0.3 is 0 Å². The first-order chi connectivity index (χ1) is 8.81. The molecule has 3 rings (SSSR count). The van der Waals surface area contributed by atoms with Crippen LogP contribution in [0.3, 0.4) is 0 Å². The zero-order chi connectivity index (χ0) is 12.4. The highest BCUT2D eigenvalue weighted by Crippen LogP contribution is 2.34. The number of piperidine rings is 1. The maximum absolute atomic E-state index is 12.2. The summed E-state index contributed by atoms with van der Waals surface area (Å²) in [5.74, 6) is 1.87. The van der Waals surface area contributed by atoms with Crippen LogP contribution in [-0.4, -0.2) is 34.1 Å². The van der Waals surface area contributed by atoms with Gasteiger partial charge in [-0.05, 0) is 43.1 Å². The number of hydrogen-bond acceptors (Lipinski definition) is 2. The van der Waals surface area contributed by atoms with E-state index in [0.717, 1.165) is 36.9 Å². The minimum Gasteiger partial charge on any atom is -0.342 e. The van der Waals surface area contributed by atoms with Crippen LogP contribution in [0.1, 0.15) is 37.7 Å². The average Bonchev–Trinajstić information content (AvgIpc) is 2.88. The first kappa shape index (κ1) is 11.8. The van der Waals surface area contributed by atoms with Crippen LogP contribution in [0.2, 0.25) is 0 Å². The van der Waals surface area contributed by atoms with E-state index in [9.17, 15) is 4.79 Å². The Bertz CT molecular complexity index is 389. The Morgan fingerprint density at radius 2 is 2.17 bits per heavy atom. The molecule has 1 aromatic heterocycles. The normalized spacial score (nSPS) is 27.2. The number of H-pyrrole nitrogens is 1. The molecule has 2 atom stereocenters. The number of rotatable bonds is 3. The van der Waals surface area contributed by atoms with Crippen molar-refractivity contribution in [3.8, 4) is 0 Å². The molecule has 1 saturated carbocycles. The number of carbonyl (C=O) groups excluding carboxylic acids is 1. The number of likely N-dealkylation sites (tertiary alicyclic amines) is 1. The SMILES string of the molecule is O=C(CCc1cn[nH]c1)N1CC2CCCC(C2)C1. The fourth-order valence-corrected chi connectivity index (χ4v) is 3.46. The highest BCUT2D eigenvalue weighted by atomic mass is 16.2. The molecule has 0 aromatic carbocycles. The molecule has 18 heavy (non-hydrogen) atoms. The second-order valence-electron chi connectivity index (χ2n) is 5.80. The zero-order valence-electron chi connectivity index (χ0n) is 10.8. The van der Waals surface area contributed by atoms with E-state index in [4.69, 9.17) is 0 Å². The molecule has 1 aromatic rings. The second kappa shape index (κ2) is 5.12. The van der Waals surface area contributed by atoms with Crippen molar-refractivity contribution in [3.05, 3.63) is 18.0 Å². The molecular weight excluding hydrogens is 226 g/mol. The largest absolute Gasteiger partial charge is 0.342 e. The highest BCUT2D eigenvalue weighted by molar-refractivity contribution is 5.76. The van der Waals surface area contributed by atoms with Gasteiger partial charge in [-0.3, -0.25) is 9.89 Å². The molecule has 2 unspecified atom stereocenters. The number of hydrogen-bond donors (Lipinski definition) is 1. The van der Waals surface area contributed by atoms with E-state index in [2.05, 4.69) is 15.1 Å². The lowest BCUT2D eigenvalue weighted by Crippen LogP contribution is -2.45. The lowest BCUT2D eigenvalue weighted by atomic mass is 9.78. The van der Waals surface area contributed by atoms with Gasteiger partial charge in [-0.15, -0.1) is 0 Å². The Kier molecular flexibility index (Phi) is 3.35. The third-order valence-electron chi connectivity index (χ3n) is 4.38. The van der Waals surface area contributed by atoms with Crippen molar-refractivity contribution in [1.82, 2.24) is 15.1 Å². The van der Waals surface area contributed by atoms with Crippen LogP contribution >= 0.6 is 0 Å². The minimum absolute atomic E-state index is 0.327. The van der Waals surface area contributed by atoms with E-state index in [1.165, 1.54) is 25.7 Å². The third-order valence-corrected chi connectivity index (χ3v) is 4.38. The fourth-order valence-electron chi connectivity index (χ4n) is 3.46. The average molecular weight is 247 g/mol. The molecule has 4 heteroatoms. The van der Waals surface area contributed by atoms with Crippen molar-refractivity contribution in [2.75, 3.05) is 13.1 Å². The first-order valence-electron chi connectivity index (χ1n) is 7.06. The monoisotopic (exact) mass is 247 g/mol. The van der Waals surface area contributed by atoms with Gasteiger partial charge in [0.15, 0.2) is 0 Å². The number of aryl methyl sites for hydroxylation is 1. The Hall–Kier alpha value is -1.32. The molecule has 2 heterocycles. The summed E-state index contributed by atoms with van der Waals surface area (Å²) in [5.41, 5.74) is 1.13. The Balaban J connectivity index is 1.53. The molecule has 2 aliphatic rings. The van der Waals surface area contributed by atoms with E-state index in [1.54, 1.807) is 6.20 Å². The van der Waals surface area contributed by atoms with Gasteiger partial charge in [0.05, 0.1) is 6.20 Å². The van der Waals surface area contributed by atoms with Crippen LogP contribution in [-0.2, 0) is 11.2 Å². The van der Waals surface area contributed by atoms with Crippen molar-refractivity contribution in [3.63, 3.8) is 0 Å². The molecule has 1 aliphatic carbocycles. The molecule has 1 saturated heterocycles. The van der Waals surface area contributed by atoms with E-state index >= 15 is 0 Å². The smallest absolute Gasteiger partial charge is 0.222 e. The van der Waals surface area contributed by atoms with Gasteiger partial charge in [-0.25, -0.2) is 0 Å². The van der Waals surface area contributed by atoms with Gasteiger partial charge in [0.25, 0.3) is 0 Å². The maximum atomic E-state index is 12.2. The summed E-state index contributed by atoms with van der Waals surface area (Å²) in [6.07, 6.45) is 10.5. The van der Waals surface area contributed by atoms with Crippen LogP contribution < -0.4 is 0 Å². The number of fused-ring (bicyclic) bond motifs is 2. The molecule has 1 aliphatic heterocycles. The van der Waals surface area contributed by atoms with Crippen LogP contribution in [0, 0.1) is 11.8 Å². The van der Waals surface area contributed by atoms with Crippen LogP contribution in [0.4, 0.5) is 0 Å². The number of carbonyl (C=O) groups is 1. The molecule has 1 N–H and O–H groups in total. The minimum atomic E-state index is 0.327. The lowest BCUT2D eigenvalue weighted by molar-refractivity contribution is -0.134. The topological polar surface area (TPSA) is 49.0 Å². The second-order valence-corrected chi connectivity index (χ2v) is 5.80. The van der Waals surface area contributed by atoms with E-state index in [0.29, 0.717) is 12.3 Å². The standard InChI is InChI=1S/C14H21N3O/c18-14(5-4-13-7-15-16-8-13)17-9-11-2-1-3-12(6-11)10-17/h7-8,11-12H,1-6,9-10H2,(H,15,16). The van der Waals surface area contributed by atoms with Crippen LogP contribution in [0.15, 0.2) is 12.4 Å². The van der Waals surface area contributed by atoms with Gasteiger partial charge in [0, 0.05) is 25.7 Å². The Morgan fingerprint density at radius 3 is 2.83 bits per heavy atom. The van der Waals surface area contributed by atoms with Gasteiger partial charge in [-0.2, -0.15) is 5.10 Å². The van der Waals surface area contributed by atoms with E-state index in [-0.39, 0.29) is 0 Å². The van der Waals surface area contributed by atoms with Crippen molar-refractivity contribution < 1.29 is 4.79 Å². The van der Waals surface area contributed by atoms with Crippen LogP contribution in [0.5, 0.6) is 0 Å². The van der Waals surface area contributed by atoms with Crippen LogP contribution in [0.25, 0.3) is 0 Å². The molecule has 1 amide bonds. The predicted octanol–water partition coefficient (Wildman–Crippen LogP) is 1.99. The summed E-state index contributed by atoms with van der Waals surface area (Å²) in [4.78, 5) is 14.3. The number of nitrogens with one attached hydrogen (secondary N) is 1. The number of aromatic amines is 1. The molecule has 4 nitrogen and oxygen atoms in total. The van der Waals surface area contributed by atoms with Crippen molar-refractivity contribution in [1.29, 1.82) is 0 Å². The highest BCUT2D eigenvalue weighted by Gasteiger charge is 2.32. The molecule has 2 fully saturated rings. The summed E-state index contributed by atoms with van der Waals surface area (Å²) in [7, 11) is 0. The maximum Gasteiger partial charge on any atom is 0.222 e. The summed E-state index contributed by atoms with van der Waals surface area (Å²) in [6, 6.07) is 0. The molecule has 0 radical (unpaired) electrons. The van der Waals surface area contributed by atoms with E-state index < -0.39 is 0 Å². The number of aromatic nitrogens is 2. The summed E-state index contributed by atoms with van der Waals surface area (Å²) in [6.45, 7) is 2.00. The lowest BCUT2D eigenvalue weighted by Gasteiger charge is -2.41. The van der Waals surface area contributed by atoms with Gasteiger partial charge in [-0.1, -0.05) is 6.42 Å². The van der Waals surface area contributed by atoms with Gasteiger partial charge in [0.1, 0.15) is 0 Å². The van der Waals surface area contributed by atoms with Crippen molar-refractivity contribution in [2.45, 2.75) is 38.5 Å². The Labute approximate surface area is 108 Å². The third kappa shape index (κ3) is 2.57. The van der Waals surface area contributed by atoms with Crippen molar-refractivity contribution in [2.24, 2.45) is 11.8 Å². The number of nitrogens with zero attached hydrogens (tertiary/aromatic N) is 2. The Morgan fingerprint density at radius 1 is 1.39 bits per heavy atom. The van der Waals surface area contributed by atoms with E-state index in [1.807, 2.05) is 6.20 Å². The molecule has 0 spiro atoms. The zero-order valence-corrected chi connectivity index (χ0v) is 10.8. The summed E-state index contributed by atoms with van der Waals surface area (Å²) >= 11 is 0. The molecular formula is C14H21N3O.